The Morgan fingerprint density at radius 2 is 1.05 bits per heavy atom. The summed E-state index contributed by atoms with van der Waals surface area (Å²) in [6.07, 6.45) is 0. The lowest BCUT2D eigenvalue weighted by atomic mass is 9.97. The van der Waals surface area contributed by atoms with Gasteiger partial charge in [0.2, 0.25) is 5.95 Å². The zero-order valence-corrected chi connectivity index (χ0v) is 22.8. The van der Waals surface area contributed by atoms with Gasteiger partial charge in [-0.3, -0.25) is 4.57 Å². The zero-order valence-electron chi connectivity index (χ0n) is 32.8. The molecular formula is C39H24N4O. The maximum Gasteiger partial charge on any atom is 0.238 e. The van der Waals surface area contributed by atoms with Gasteiger partial charge in [-0.05, 0) is 35.4 Å². The summed E-state index contributed by atoms with van der Waals surface area (Å²) < 4.78 is 93.1. The molecule has 0 amide bonds. The molecule has 0 unspecified atom stereocenters. The van der Waals surface area contributed by atoms with E-state index in [4.69, 9.17) is 33.1 Å². The molecule has 0 spiro atoms. The summed E-state index contributed by atoms with van der Waals surface area (Å²) >= 11 is 0. The maximum atomic E-state index is 8.81. The van der Waals surface area contributed by atoms with Gasteiger partial charge in [0.1, 0.15) is 11.2 Å². The summed E-state index contributed by atoms with van der Waals surface area (Å²) in [5.74, 6) is 0.0344. The fraction of sp³-hybridized carbons (Fsp3) is 0. The Bertz CT molecular complexity index is 2970. The van der Waals surface area contributed by atoms with Gasteiger partial charge in [-0.1, -0.05) is 121 Å². The van der Waals surface area contributed by atoms with Crippen molar-refractivity contribution in [3.8, 4) is 39.9 Å². The summed E-state index contributed by atoms with van der Waals surface area (Å²) in [7, 11) is 0. The molecule has 0 N–H and O–H groups in total. The average Bonchev–Trinajstić information content (AvgIpc) is 3.74. The molecule has 5 nitrogen and oxygen atoms in total. The number of aromatic nitrogens is 4. The van der Waals surface area contributed by atoms with Crippen LogP contribution in [0.5, 0.6) is 0 Å². The minimum Gasteiger partial charge on any atom is -0.456 e. The molecule has 3 aromatic heterocycles. The van der Waals surface area contributed by atoms with E-state index in [0.717, 1.165) is 21.8 Å². The highest BCUT2D eigenvalue weighted by atomic mass is 16.3. The Balaban J connectivity index is 1.42. The smallest absolute Gasteiger partial charge is 0.238 e. The van der Waals surface area contributed by atoms with Crippen LogP contribution in [0.25, 0.3) is 83.6 Å². The predicted molar refractivity (Wildman–Crippen MR) is 178 cm³/mol. The van der Waals surface area contributed by atoms with Crippen LogP contribution in [0.1, 0.15) is 13.7 Å². The molecule has 0 radical (unpaired) electrons. The number of hydrogen-bond acceptors (Lipinski definition) is 4. The first-order chi connectivity index (χ1) is 26.0. The fourth-order valence-electron chi connectivity index (χ4n) is 5.84. The van der Waals surface area contributed by atoms with Gasteiger partial charge in [-0.15, -0.1) is 0 Å². The van der Waals surface area contributed by atoms with Crippen molar-refractivity contribution in [2.45, 2.75) is 0 Å². The van der Waals surface area contributed by atoms with Crippen molar-refractivity contribution in [3.05, 3.63) is 145 Å². The number of hydrogen-bond donors (Lipinski definition) is 0. The van der Waals surface area contributed by atoms with Crippen molar-refractivity contribution in [1.82, 2.24) is 19.5 Å². The molecule has 0 aliphatic carbocycles. The van der Waals surface area contributed by atoms with E-state index in [0.29, 0.717) is 33.1 Å². The van der Waals surface area contributed by atoms with Crippen molar-refractivity contribution >= 4 is 43.7 Å². The van der Waals surface area contributed by atoms with Crippen molar-refractivity contribution in [2.75, 3.05) is 0 Å². The molecule has 9 aromatic rings. The van der Waals surface area contributed by atoms with Gasteiger partial charge < -0.3 is 4.42 Å². The molecule has 3 heterocycles. The van der Waals surface area contributed by atoms with E-state index in [1.165, 1.54) is 0 Å². The number of nitrogens with zero attached hydrogens (tertiary/aromatic N) is 4. The first kappa shape index (κ1) is 16.5. The van der Waals surface area contributed by atoms with Crippen LogP contribution in [-0.2, 0) is 0 Å². The van der Waals surface area contributed by atoms with Gasteiger partial charge in [0, 0.05) is 32.7 Å². The molecule has 0 aliphatic heterocycles. The van der Waals surface area contributed by atoms with Crippen molar-refractivity contribution < 1.29 is 18.1 Å². The van der Waals surface area contributed by atoms with Crippen LogP contribution in [0.4, 0.5) is 0 Å². The Morgan fingerprint density at radius 3 is 1.70 bits per heavy atom. The monoisotopic (exact) mass is 574 g/mol. The van der Waals surface area contributed by atoms with Crippen LogP contribution < -0.4 is 0 Å². The van der Waals surface area contributed by atoms with E-state index in [2.05, 4.69) is 0 Å². The van der Waals surface area contributed by atoms with Gasteiger partial charge >= 0.3 is 0 Å². The van der Waals surface area contributed by atoms with Crippen LogP contribution in [0.15, 0.2) is 150 Å². The number of para-hydroxylation sites is 2. The minimum absolute atomic E-state index is 0.00876. The normalized spacial score (nSPS) is 14.8. The second-order valence-electron chi connectivity index (χ2n) is 10.1. The van der Waals surface area contributed by atoms with E-state index < -0.39 is 48.3 Å². The van der Waals surface area contributed by atoms with Gasteiger partial charge in [-0.25, -0.2) is 4.98 Å². The molecule has 0 bridgehead atoms. The first-order valence-electron chi connectivity index (χ1n) is 18.8. The van der Waals surface area contributed by atoms with Crippen molar-refractivity contribution in [3.63, 3.8) is 0 Å². The lowest BCUT2D eigenvalue weighted by molar-refractivity contribution is 0.669. The molecule has 0 fully saturated rings. The maximum absolute atomic E-state index is 8.81. The number of rotatable bonds is 4. The minimum atomic E-state index is -0.555. The number of benzene rings is 6. The molecule has 0 aliphatic rings. The summed E-state index contributed by atoms with van der Waals surface area (Å²) in [5.41, 5.74) is 2.81. The number of furan rings is 1. The van der Waals surface area contributed by atoms with E-state index in [9.17, 15) is 0 Å². The molecule has 206 valence electrons. The van der Waals surface area contributed by atoms with Crippen molar-refractivity contribution in [1.29, 1.82) is 0 Å². The third kappa shape index (κ3) is 3.76. The first-order valence-corrected chi connectivity index (χ1v) is 13.8. The second-order valence-corrected chi connectivity index (χ2v) is 10.1. The quantitative estimate of drug-likeness (QED) is 0.210. The molecule has 0 atom stereocenters. The van der Waals surface area contributed by atoms with Crippen LogP contribution >= 0.6 is 0 Å². The summed E-state index contributed by atoms with van der Waals surface area (Å²) in [5, 5.41) is 2.77. The Hall–Kier alpha value is -6.07. The van der Waals surface area contributed by atoms with Crippen LogP contribution in [-0.4, -0.2) is 19.5 Å². The third-order valence-corrected chi connectivity index (χ3v) is 7.66. The van der Waals surface area contributed by atoms with Crippen LogP contribution in [0.2, 0.25) is 0 Å². The Kier molecular flexibility index (Phi) is 3.66. The van der Waals surface area contributed by atoms with Crippen LogP contribution in [0.3, 0.4) is 0 Å². The number of fused-ring (bicyclic) bond motifs is 6. The summed E-state index contributed by atoms with van der Waals surface area (Å²) in [4.78, 5) is 14.6. The van der Waals surface area contributed by atoms with Gasteiger partial charge in [0.05, 0.1) is 24.7 Å². The van der Waals surface area contributed by atoms with Gasteiger partial charge in [0.25, 0.3) is 0 Å². The molecule has 5 heteroatoms. The molecule has 0 saturated heterocycles. The van der Waals surface area contributed by atoms with Crippen LogP contribution in [0, 0.1) is 0 Å². The highest BCUT2D eigenvalue weighted by molar-refractivity contribution is 6.17. The Morgan fingerprint density at radius 1 is 0.500 bits per heavy atom. The van der Waals surface area contributed by atoms with Crippen molar-refractivity contribution in [2.24, 2.45) is 0 Å². The van der Waals surface area contributed by atoms with E-state index in [-0.39, 0.29) is 40.8 Å². The summed E-state index contributed by atoms with van der Waals surface area (Å²) in [6, 6.07) is 20.8. The average molecular weight is 575 g/mol. The predicted octanol–water partition coefficient (Wildman–Crippen LogP) is 9.87. The summed E-state index contributed by atoms with van der Waals surface area (Å²) in [6.45, 7) is 0. The third-order valence-electron chi connectivity index (χ3n) is 7.66. The second kappa shape index (κ2) is 9.75. The zero-order chi connectivity index (χ0) is 37.7. The van der Waals surface area contributed by atoms with E-state index in [1.54, 1.807) is 36.4 Å². The molecule has 0 saturated carbocycles. The van der Waals surface area contributed by atoms with E-state index in [1.807, 2.05) is 53.1 Å². The lowest BCUT2D eigenvalue weighted by Crippen LogP contribution is -2.06. The SMILES string of the molecule is [2H]c1c([2H])c([2H])c(-c2nc(-c3cccc4oc5cccc(-c6c([2H])c([2H])c([2H])c([2H])c6[2H])c5c34)nc(-n3c4ccccc4c4ccccc43)n2)c([2H])c1[2H]. The molecular weight excluding hydrogens is 540 g/mol. The lowest BCUT2D eigenvalue weighted by Gasteiger charge is -2.11. The highest BCUT2D eigenvalue weighted by Crippen LogP contribution is 2.41. The Labute approximate surface area is 266 Å². The largest absolute Gasteiger partial charge is 0.456 e. The van der Waals surface area contributed by atoms with Gasteiger partial charge in [0.15, 0.2) is 11.6 Å². The standard InChI is InChI=1S/C39H24N4O/c1-3-13-25(14-4-1)27-19-11-23-33-35(27)36-30(20-12-24-34(36)44-33)38-40-37(26-15-5-2-6-16-26)41-39(42-38)43-31-21-9-7-17-28(31)29-18-8-10-22-32(29)43/h1-24H/i1D,2D,3D,4D,5D,6D,13D,14D,15D,16D. The molecule has 9 rings (SSSR count). The van der Waals surface area contributed by atoms with Gasteiger partial charge in [-0.2, -0.15) is 9.97 Å². The molecule has 6 aromatic carbocycles. The highest BCUT2D eigenvalue weighted by Gasteiger charge is 2.21. The fourth-order valence-corrected chi connectivity index (χ4v) is 5.84. The topological polar surface area (TPSA) is 56.7 Å². The van der Waals surface area contributed by atoms with E-state index >= 15 is 0 Å². The molecule has 44 heavy (non-hydrogen) atoms.